The number of halogens is 4. The summed E-state index contributed by atoms with van der Waals surface area (Å²) in [5.41, 5.74) is 4.47. The number of nitrogens with one attached hydrogen (secondary N) is 1. The topological polar surface area (TPSA) is 93.7 Å². The number of ether oxygens (including phenoxy) is 1. The second-order valence-electron chi connectivity index (χ2n) is 16.2. The number of aromatic amines is 1. The first-order valence-corrected chi connectivity index (χ1v) is 19.3. The summed E-state index contributed by atoms with van der Waals surface area (Å²) in [6.45, 7) is 9.66. The van der Waals surface area contributed by atoms with Gasteiger partial charge in [0.1, 0.15) is 17.5 Å². The van der Waals surface area contributed by atoms with E-state index in [-0.39, 0.29) is 29.0 Å². The van der Waals surface area contributed by atoms with Gasteiger partial charge in [0, 0.05) is 80.2 Å². The third kappa shape index (κ3) is 6.43. The number of aryl methyl sites for hydroxylation is 1. The molecule has 1 amide bonds. The fraction of sp³-hybridized carbons (Fsp3) is 0.550. The molecule has 2 aromatic carbocycles. The van der Waals surface area contributed by atoms with Crippen molar-refractivity contribution in [2.45, 2.75) is 76.2 Å². The molecule has 286 valence electrons. The van der Waals surface area contributed by atoms with Crippen LogP contribution >= 0.6 is 0 Å². The minimum Gasteiger partial charge on any atom is -0.481 e. The van der Waals surface area contributed by atoms with Gasteiger partial charge >= 0.3 is 6.18 Å². The number of benzene rings is 2. The number of hydrogen-bond acceptors (Lipinski definition) is 8. The van der Waals surface area contributed by atoms with Crippen molar-refractivity contribution >= 4 is 39.5 Å². The maximum atomic E-state index is 14.1. The monoisotopic (exact) mass is 746 g/mol. The summed E-state index contributed by atoms with van der Waals surface area (Å²) in [4.78, 5) is 31.3. The molecule has 1 atom stereocenters. The second kappa shape index (κ2) is 13.4. The van der Waals surface area contributed by atoms with Gasteiger partial charge in [0.15, 0.2) is 12.4 Å². The fourth-order valence-electron chi connectivity index (χ4n) is 9.35. The van der Waals surface area contributed by atoms with Crippen molar-refractivity contribution in [1.29, 1.82) is 0 Å². The van der Waals surface area contributed by atoms with E-state index < -0.39 is 19.0 Å². The first-order chi connectivity index (χ1) is 26.0. The molecule has 9 rings (SSSR count). The van der Waals surface area contributed by atoms with E-state index in [1.165, 1.54) is 6.08 Å². The first-order valence-electron chi connectivity index (χ1n) is 19.3. The van der Waals surface area contributed by atoms with E-state index >= 15 is 0 Å². The molecular formula is C40H46F4N8O2. The average Bonchev–Trinajstić information content (AvgIpc) is 3.67. The summed E-state index contributed by atoms with van der Waals surface area (Å²) >= 11 is 0. The molecule has 5 aliphatic rings. The van der Waals surface area contributed by atoms with Gasteiger partial charge in [0.05, 0.1) is 11.7 Å². The van der Waals surface area contributed by atoms with Crippen molar-refractivity contribution in [2.24, 2.45) is 5.41 Å². The highest BCUT2D eigenvalue weighted by atomic mass is 19.4. The van der Waals surface area contributed by atoms with Crippen molar-refractivity contribution in [3.63, 3.8) is 0 Å². The van der Waals surface area contributed by atoms with E-state index in [1.54, 1.807) is 6.20 Å². The van der Waals surface area contributed by atoms with Gasteiger partial charge in [0.2, 0.25) is 11.9 Å². The van der Waals surface area contributed by atoms with Crippen LogP contribution in [0.4, 0.5) is 29.3 Å². The van der Waals surface area contributed by atoms with Gasteiger partial charge in [0.25, 0.3) is 0 Å². The van der Waals surface area contributed by atoms with Crippen LogP contribution in [0, 0.1) is 12.3 Å². The zero-order chi connectivity index (χ0) is 37.4. The third-order valence-corrected chi connectivity index (χ3v) is 12.5. The normalized spacial score (nSPS) is 22.4. The Bertz CT molecular complexity index is 2090. The molecule has 54 heavy (non-hydrogen) atoms. The number of alkyl halides is 4. The zero-order valence-corrected chi connectivity index (χ0v) is 30.6. The lowest BCUT2D eigenvalue weighted by Crippen LogP contribution is -2.61. The lowest BCUT2D eigenvalue weighted by molar-refractivity contribution is -0.153. The highest BCUT2D eigenvalue weighted by molar-refractivity contribution is 6.06. The number of hydrogen-bond donors (Lipinski definition) is 1. The Morgan fingerprint density at radius 1 is 1.00 bits per heavy atom. The van der Waals surface area contributed by atoms with Gasteiger partial charge in [-0.1, -0.05) is 12.6 Å². The largest absolute Gasteiger partial charge is 0.481 e. The Kier molecular flexibility index (Phi) is 8.74. The van der Waals surface area contributed by atoms with Crippen LogP contribution in [0.1, 0.15) is 62.0 Å². The van der Waals surface area contributed by atoms with Crippen LogP contribution in [0.5, 0.6) is 5.75 Å². The van der Waals surface area contributed by atoms with E-state index in [2.05, 4.69) is 37.5 Å². The molecule has 0 bridgehead atoms. The molecule has 1 spiro atoms. The predicted molar refractivity (Wildman–Crippen MR) is 200 cm³/mol. The summed E-state index contributed by atoms with van der Waals surface area (Å²) in [6.07, 6.45) is 3.24. The van der Waals surface area contributed by atoms with Crippen LogP contribution < -0.4 is 14.5 Å². The number of amides is 1. The number of carbonyl (C=O) groups excluding carboxylic acids is 1. The van der Waals surface area contributed by atoms with E-state index in [9.17, 15) is 22.4 Å². The molecule has 14 heteroatoms. The Balaban J connectivity index is 1.18. The summed E-state index contributed by atoms with van der Waals surface area (Å²) in [6, 6.07) is 6.23. The number of rotatable bonds is 8. The van der Waals surface area contributed by atoms with Crippen LogP contribution in [0.15, 0.2) is 37.1 Å². The van der Waals surface area contributed by atoms with Crippen molar-refractivity contribution in [3.8, 4) is 16.9 Å². The number of H-pyrrole nitrogens is 1. The number of piperidine rings is 2. The van der Waals surface area contributed by atoms with Crippen LogP contribution in [-0.4, -0.2) is 113 Å². The zero-order valence-electron chi connectivity index (χ0n) is 30.6. The summed E-state index contributed by atoms with van der Waals surface area (Å²) in [7, 11) is 0. The van der Waals surface area contributed by atoms with Crippen LogP contribution in [0.2, 0.25) is 0 Å². The van der Waals surface area contributed by atoms with E-state index in [0.29, 0.717) is 93.4 Å². The van der Waals surface area contributed by atoms with Crippen LogP contribution in [0.3, 0.4) is 0 Å². The minimum absolute atomic E-state index is 0.0319. The molecule has 1 aliphatic carbocycles. The molecule has 4 aromatic rings. The van der Waals surface area contributed by atoms with Crippen LogP contribution in [-0.2, 0) is 4.79 Å². The number of fused-ring (bicyclic) bond motifs is 2. The van der Waals surface area contributed by atoms with Gasteiger partial charge in [-0.05, 0) is 92.7 Å². The maximum absolute atomic E-state index is 14.1. The SMILES string of the molecule is C=CC(=O)N1CC2(CCN(c3nc(N4CC[C@@H](N5CCC(F)CC5)C4)nc4c(OCC(F)(F)F)c(-c5c(C)ccc6[nH]ncc56)c(C5CC5)cc34)CC2)C1. The highest BCUT2D eigenvalue weighted by Crippen LogP contribution is 2.53. The summed E-state index contributed by atoms with van der Waals surface area (Å²) < 4.78 is 62.4. The smallest absolute Gasteiger partial charge is 0.422 e. The molecule has 0 radical (unpaired) electrons. The van der Waals surface area contributed by atoms with Crippen molar-refractivity contribution in [2.75, 3.05) is 68.8 Å². The van der Waals surface area contributed by atoms with Gasteiger partial charge in [-0.2, -0.15) is 23.3 Å². The minimum atomic E-state index is -4.57. The number of likely N-dealkylation sites (tertiary alicyclic amines) is 2. The lowest BCUT2D eigenvalue weighted by atomic mass is 9.72. The summed E-state index contributed by atoms with van der Waals surface area (Å²) in [5.74, 6) is 1.40. The molecule has 10 nitrogen and oxygen atoms in total. The third-order valence-electron chi connectivity index (χ3n) is 12.5. The molecule has 1 N–H and O–H groups in total. The number of anilines is 2. The van der Waals surface area contributed by atoms with Crippen molar-refractivity contribution in [1.82, 2.24) is 30.0 Å². The van der Waals surface area contributed by atoms with Crippen molar-refractivity contribution in [3.05, 3.63) is 48.2 Å². The molecule has 2 aromatic heterocycles. The molecule has 4 saturated heterocycles. The average molecular weight is 747 g/mol. The quantitative estimate of drug-likeness (QED) is 0.153. The molecule has 0 unspecified atom stereocenters. The van der Waals surface area contributed by atoms with Gasteiger partial charge in [-0.3, -0.25) is 14.8 Å². The molecule has 6 heterocycles. The Morgan fingerprint density at radius 3 is 2.46 bits per heavy atom. The van der Waals surface area contributed by atoms with Gasteiger partial charge < -0.3 is 19.4 Å². The van der Waals surface area contributed by atoms with Crippen molar-refractivity contribution < 1.29 is 27.1 Å². The first kappa shape index (κ1) is 35.3. The van der Waals surface area contributed by atoms with E-state index in [1.807, 2.05) is 24.0 Å². The molecule has 5 fully saturated rings. The Labute approximate surface area is 311 Å². The number of aromatic nitrogens is 4. The highest BCUT2D eigenvalue weighted by Gasteiger charge is 2.47. The van der Waals surface area contributed by atoms with Crippen LogP contribution in [0.25, 0.3) is 32.9 Å². The maximum Gasteiger partial charge on any atom is 0.422 e. The Hall–Kier alpha value is -4.46. The number of carbonyl (C=O) groups is 1. The lowest BCUT2D eigenvalue weighted by Gasteiger charge is -2.54. The van der Waals surface area contributed by atoms with Gasteiger partial charge in [-0.25, -0.2) is 9.37 Å². The summed E-state index contributed by atoms with van der Waals surface area (Å²) in [5, 5.41) is 8.83. The second-order valence-corrected chi connectivity index (χ2v) is 16.2. The standard InChI is InChI=1S/C40H46F4N8O2/c1-3-32(53)52-21-39(22-52)11-16-50(17-12-39)37-29-18-28(25-5-6-25)34(33-24(2)4-7-31-30(33)19-45-48-31)36(54-23-40(42,43)44)35(29)46-38(47-37)51-15-10-27(20-51)49-13-8-26(41)9-14-49/h3-4,7,18-19,25-27H,1,5-6,8-17,20-23H2,2H3,(H,45,48)/t27-/m1/s1. The van der Waals surface area contributed by atoms with E-state index in [0.717, 1.165) is 59.7 Å². The van der Waals surface area contributed by atoms with Gasteiger partial charge in [-0.15, -0.1) is 0 Å². The Morgan fingerprint density at radius 2 is 1.76 bits per heavy atom. The molecular weight excluding hydrogens is 700 g/mol. The molecule has 4 aliphatic heterocycles. The molecule has 1 saturated carbocycles. The number of nitrogens with zero attached hydrogens (tertiary/aromatic N) is 7. The predicted octanol–water partition coefficient (Wildman–Crippen LogP) is 6.93. The fourth-order valence-corrected chi connectivity index (χ4v) is 9.35. The van der Waals surface area contributed by atoms with E-state index in [4.69, 9.17) is 14.7 Å².